The van der Waals surface area contributed by atoms with Crippen LogP contribution in [-0.4, -0.2) is 45.9 Å². The first-order valence-corrected chi connectivity index (χ1v) is 10.4. The molecule has 1 aliphatic carbocycles. The molecule has 1 N–H and O–H groups in total. The molecule has 2 fully saturated rings. The Morgan fingerprint density at radius 2 is 1.81 bits per heavy atom. The van der Waals surface area contributed by atoms with Gasteiger partial charge in [0, 0.05) is 31.7 Å². The minimum atomic E-state index is 0.480. The molecule has 4 nitrogen and oxygen atoms in total. The normalized spacial score (nSPS) is 25.3. The largest absolute Gasteiger partial charge is 0.348 e. The van der Waals surface area contributed by atoms with Crippen molar-refractivity contribution in [2.75, 3.05) is 26.2 Å². The number of aromatic amines is 1. The summed E-state index contributed by atoms with van der Waals surface area (Å²) in [6.45, 7) is 6.07. The number of nitrogens with one attached hydrogen (secondary N) is 1. The highest BCUT2D eigenvalue weighted by Gasteiger charge is 2.37. The number of H-pyrrole nitrogens is 1. The summed E-state index contributed by atoms with van der Waals surface area (Å²) < 4.78 is 0. The van der Waals surface area contributed by atoms with E-state index in [0.29, 0.717) is 6.04 Å². The molecule has 0 bridgehead atoms. The number of rotatable bonds is 5. The van der Waals surface area contributed by atoms with Gasteiger partial charge in [-0.05, 0) is 56.2 Å². The van der Waals surface area contributed by atoms with Gasteiger partial charge in [0.2, 0.25) is 0 Å². The predicted molar refractivity (Wildman–Crippen MR) is 104 cm³/mol. The number of hydrogen-bond donors (Lipinski definition) is 1. The van der Waals surface area contributed by atoms with E-state index >= 15 is 0 Å². The van der Waals surface area contributed by atoms with Gasteiger partial charge in [-0.25, -0.2) is 4.98 Å². The van der Waals surface area contributed by atoms with Crippen LogP contribution in [0.3, 0.4) is 0 Å². The van der Waals surface area contributed by atoms with Crippen LogP contribution in [0.4, 0.5) is 0 Å². The zero-order valence-corrected chi connectivity index (χ0v) is 15.6. The van der Waals surface area contributed by atoms with Crippen LogP contribution in [0.1, 0.15) is 48.7 Å². The van der Waals surface area contributed by atoms with Crippen LogP contribution in [0, 0.1) is 11.8 Å². The SMILES string of the molecule is c1ccc(CN2CCc3[nH]cnc3C2C2CCN(CC3CC3)CC2)cc1. The van der Waals surface area contributed by atoms with E-state index in [1.54, 1.807) is 0 Å². The maximum absolute atomic E-state index is 4.77. The van der Waals surface area contributed by atoms with E-state index in [-0.39, 0.29) is 0 Å². The minimum Gasteiger partial charge on any atom is -0.348 e. The predicted octanol–water partition coefficient (Wildman–Crippen LogP) is 3.63. The van der Waals surface area contributed by atoms with Crippen molar-refractivity contribution in [3.8, 4) is 0 Å². The van der Waals surface area contributed by atoms with Crippen LogP contribution in [0.15, 0.2) is 36.7 Å². The molecule has 0 amide bonds. The third kappa shape index (κ3) is 3.45. The molecule has 1 aromatic carbocycles. The van der Waals surface area contributed by atoms with E-state index in [0.717, 1.165) is 31.3 Å². The number of aromatic nitrogens is 2. The zero-order chi connectivity index (χ0) is 17.3. The van der Waals surface area contributed by atoms with Crippen molar-refractivity contribution in [3.05, 3.63) is 53.6 Å². The molecule has 0 spiro atoms. The highest BCUT2D eigenvalue weighted by molar-refractivity contribution is 5.22. The molecule has 5 rings (SSSR count). The van der Waals surface area contributed by atoms with Gasteiger partial charge in [0.05, 0.1) is 18.1 Å². The van der Waals surface area contributed by atoms with Gasteiger partial charge in [-0.3, -0.25) is 4.90 Å². The van der Waals surface area contributed by atoms with Gasteiger partial charge in [0.25, 0.3) is 0 Å². The standard InChI is InChI=1S/C22H30N4/c1-2-4-17(5-3-1)15-26-13-10-20-21(24-16-23-20)22(26)19-8-11-25(12-9-19)14-18-6-7-18/h1-5,16,18-19,22H,6-15H2,(H,23,24). The van der Waals surface area contributed by atoms with Crippen LogP contribution in [-0.2, 0) is 13.0 Å². The van der Waals surface area contributed by atoms with Gasteiger partial charge in [-0.1, -0.05) is 30.3 Å². The number of nitrogens with zero attached hydrogens (tertiary/aromatic N) is 3. The topological polar surface area (TPSA) is 35.2 Å². The molecule has 1 saturated carbocycles. The van der Waals surface area contributed by atoms with E-state index in [1.807, 2.05) is 6.33 Å². The fourth-order valence-corrected chi connectivity index (χ4v) is 4.99. The summed E-state index contributed by atoms with van der Waals surface area (Å²) in [4.78, 5) is 13.6. The van der Waals surface area contributed by atoms with Crippen molar-refractivity contribution in [1.82, 2.24) is 19.8 Å². The summed E-state index contributed by atoms with van der Waals surface area (Å²) in [6.07, 6.45) is 8.56. The molecule has 3 heterocycles. The van der Waals surface area contributed by atoms with E-state index < -0.39 is 0 Å². The number of imidazole rings is 1. The Balaban J connectivity index is 1.32. The third-order valence-electron chi connectivity index (χ3n) is 6.59. The molecular formula is C22H30N4. The highest BCUT2D eigenvalue weighted by Crippen LogP contribution is 2.40. The number of hydrogen-bond acceptors (Lipinski definition) is 3. The number of piperidine rings is 1. The van der Waals surface area contributed by atoms with Crippen LogP contribution >= 0.6 is 0 Å². The molecule has 3 aliphatic rings. The van der Waals surface area contributed by atoms with E-state index in [4.69, 9.17) is 4.98 Å². The Morgan fingerprint density at radius 1 is 1.00 bits per heavy atom. The summed E-state index contributed by atoms with van der Waals surface area (Å²) >= 11 is 0. The Kier molecular flexibility index (Phi) is 4.55. The summed E-state index contributed by atoms with van der Waals surface area (Å²) in [5.41, 5.74) is 4.12. The average molecular weight is 351 g/mol. The molecule has 1 aromatic heterocycles. The molecule has 26 heavy (non-hydrogen) atoms. The zero-order valence-electron chi connectivity index (χ0n) is 15.6. The van der Waals surface area contributed by atoms with Crippen molar-refractivity contribution in [1.29, 1.82) is 0 Å². The van der Waals surface area contributed by atoms with Crippen LogP contribution in [0.5, 0.6) is 0 Å². The van der Waals surface area contributed by atoms with Gasteiger partial charge in [0.15, 0.2) is 0 Å². The molecular weight excluding hydrogens is 320 g/mol. The van der Waals surface area contributed by atoms with E-state index in [9.17, 15) is 0 Å². The molecule has 1 atom stereocenters. The molecule has 2 aromatic rings. The van der Waals surface area contributed by atoms with Crippen molar-refractivity contribution >= 4 is 0 Å². The summed E-state index contributed by atoms with van der Waals surface area (Å²) in [6, 6.07) is 11.4. The molecule has 138 valence electrons. The summed E-state index contributed by atoms with van der Waals surface area (Å²) in [7, 11) is 0. The maximum atomic E-state index is 4.77. The quantitative estimate of drug-likeness (QED) is 0.894. The lowest BCUT2D eigenvalue weighted by Crippen LogP contribution is -2.44. The summed E-state index contributed by atoms with van der Waals surface area (Å²) in [5, 5.41) is 0. The second-order valence-corrected chi connectivity index (χ2v) is 8.50. The van der Waals surface area contributed by atoms with Crippen LogP contribution in [0.25, 0.3) is 0 Å². The second-order valence-electron chi connectivity index (χ2n) is 8.50. The molecule has 0 radical (unpaired) electrons. The fraction of sp³-hybridized carbons (Fsp3) is 0.591. The Bertz CT molecular complexity index is 713. The van der Waals surface area contributed by atoms with Gasteiger partial charge >= 0.3 is 0 Å². The first kappa shape index (κ1) is 16.5. The van der Waals surface area contributed by atoms with Crippen molar-refractivity contribution in [3.63, 3.8) is 0 Å². The van der Waals surface area contributed by atoms with E-state index in [1.165, 1.54) is 62.3 Å². The lowest BCUT2D eigenvalue weighted by Gasteiger charge is -2.43. The average Bonchev–Trinajstić information content (AvgIpc) is 3.36. The van der Waals surface area contributed by atoms with Crippen LogP contribution in [0.2, 0.25) is 0 Å². The highest BCUT2D eigenvalue weighted by atomic mass is 15.2. The number of benzene rings is 1. The van der Waals surface area contributed by atoms with Crippen LogP contribution < -0.4 is 0 Å². The smallest absolute Gasteiger partial charge is 0.0925 e. The van der Waals surface area contributed by atoms with Crippen molar-refractivity contribution in [2.24, 2.45) is 11.8 Å². The Labute approximate surface area is 156 Å². The van der Waals surface area contributed by atoms with E-state index in [2.05, 4.69) is 45.1 Å². The monoisotopic (exact) mass is 350 g/mol. The molecule has 1 unspecified atom stereocenters. The lowest BCUT2D eigenvalue weighted by atomic mass is 9.83. The number of fused-ring (bicyclic) bond motifs is 1. The number of likely N-dealkylation sites (tertiary alicyclic amines) is 1. The first-order chi connectivity index (χ1) is 12.9. The first-order valence-electron chi connectivity index (χ1n) is 10.4. The minimum absolute atomic E-state index is 0.480. The van der Waals surface area contributed by atoms with Gasteiger partial charge in [-0.2, -0.15) is 0 Å². The third-order valence-corrected chi connectivity index (χ3v) is 6.59. The van der Waals surface area contributed by atoms with Gasteiger partial charge in [0.1, 0.15) is 0 Å². The van der Waals surface area contributed by atoms with Crippen molar-refractivity contribution in [2.45, 2.75) is 44.7 Å². The summed E-state index contributed by atoms with van der Waals surface area (Å²) in [5.74, 6) is 1.74. The van der Waals surface area contributed by atoms with Gasteiger partial charge < -0.3 is 9.88 Å². The fourth-order valence-electron chi connectivity index (χ4n) is 4.99. The van der Waals surface area contributed by atoms with Gasteiger partial charge in [-0.15, -0.1) is 0 Å². The molecule has 4 heteroatoms. The maximum Gasteiger partial charge on any atom is 0.0925 e. The molecule has 2 aliphatic heterocycles. The molecule has 1 saturated heterocycles. The Hall–Kier alpha value is -1.65. The Morgan fingerprint density at radius 3 is 2.58 bits per heavy atom. The lowest BCUT2D eigenvalue weighted by molar-refractivity contribution is 0.0698. The van der Waals surface area contributed by atoms with Crippen molar-refractivity contribution < 1.29 is 0 Å². The second kappa shape index (κ2) is 7.16.